The minimum Gasteiger partial charge on any atom is -0.367 e. The fourth-order valence-corrected chi connectivity index (χ4v) is 3.76. The molecule has 0 radical (unpaired) electrons. The third-order valence-electron chi connectivity index (χ3n) is 3.03. The highest BCUT2D eigenvalue weighted by Crippen LogP contribution is 2.32. The Labute approximate surface area is 106 Å². The Hall–Kier alpha value is -0.740. The van der Waals surface area contributed by atoms with Gasteiger partial charge >= 0.3 is 0 Å². The molecule has 1 heterocycles. The van der Waals surface area contributed by atoms with Gasteiger partial charge in [0.2, 0.25) is 0 Å². The molecule has 94 valence electrons. The normalized spacial score (nSPS) is 25.1. The van der Waals surface area contributed by atoms with Crippen LogP contribution in [0.1, 0.15) is 19.4 Å². The molecule has 1 aliphatic heterocycles. The second kappa shape index (κ2) is 5.27. The maximum absolute atomic E-state index is 14.0. The molecule has 0 saturated carbocycles. The van der Waals surface area contributed by atoms with Crippen LogP contribution >= 0.6 is 11.8 Å². The first-order valence-electron chi connectivity index (χ1n) is 5.99. The van der Waals surface area contributed by atoms with E-state index in [0.717, 1.165) is 18.7 Å². The average molecular weight is 254 g/mol. The molecule has 0 aliphatic carbocycles. The Bertz CT molecular complexity index is 387. The fraction of sp³-hybridized carbons (Fsp3) is 0.538. The lowest BCUT2D eigenvalue weighted by Crippen LogP contribution is -2.41. The summed E-state index contributed by atoms with van der Waals surface area (Å²) in [7, 11) is 0. The number of nitrogens with two attached hydrogens (primary N) is 1. The summed E-state index contributed by atoms with van der Waals surface area (Å²) in [6, 6.07) is 5.16. The van der Waals surface area contributed by atoms with E-state index in [1.807, 2.05) is 17.8 Å². The highest BCUT2D eigenvalue weighted by atomic mass is 32.2. The molecule has 0 spiro atoms. The van der Waals surface area contributed by atoms with Gasteiger partial charge in [-0.2, -0.15) is 11.8 Å². The molecule has 1 aromatic rings. The lowest BCUT2D eigenvalue weighted by atomic mass is 10.1. The minimum absolute atomic E-state index is 0.153. The summed E-state index contributed by atoms with van der Waals surface area (Å²) in [5.74, 6) is -0.153. The van der Waals surface area contributed by atoms with Crippen molar-refractivity contribution in [1.29, 1.82) is 0 Å². The van der Waals surface area contributed by atoms with Crippen molar-refractivity contribution >= 4 is 17.4 Å². The number of nitrogens with zero attached hydrogens (tertiary/aromatic N) is 1. The molecular weight excluding hydrogens is 235 g/mol. The maximum atomic E-state index is 14.0. The summed E-state index contributed by atoms with van der Waals surface area (Å²) >= 11 is 1.96. The van der Waals surface area contributed by atoms with E-state index in [0.29, 0.717) is 22.7 Å². The van der Waals surface area contributed by atoms with Crippen molar-refractivity contribution in [2.24, 2.45) is 5.73 Å². The summed E-state index contributed by atoms with van der Waals surface area (Å²) in [4.78, 5) is 2.14. The number of hydrogen-bond donors (Lipinski definition) is 1. The zero-order valence-electron chi connectivity index (χ0n) is 10.3. The first-order valence-corrected chi connectivity index (χ1v) is 6.94. The van der Waals surface area contributed by atoms with Gasteiger partial charge in [0, 0.05) is 30.1 Å². The summed E-state index contributed by atoms with van der Waals surface area (Å²) in [5, 5.41) is 1.06. The molecule has 1 fully saturated rings. The van der Waals surface area contributed by atoms with Gasteiger partial charge in [-0.1, -0.05) is 26.0 Å². The number of hydrogen-bond acceptors (Lipinski definition) is 3. The molecule has 1 aromatic carbocycles. The zero-order chi connectivity index (χ0) is 12.4. The van der Waals surface area contributed by atoms with Crippen molar-refractivity contribution in [3.8, 4) is 0 Å². The number of benzene rings is 1. The summed E-state index contributed by atoms with van der Waals surface area (Å²) in [6.45, 7) is 6.55. The van der Waals surface area contributed by atoms with Gasteiger partial charge in [-0.15, -0.1) is 0 Å². The number of para-hydroxylation sites is 1. The third-order valence-corrected chi connectivity index (χ3v) is 4.25. The summed E-state index contributed by atoms with van der Waals surface area (Å²) in [5.41, 5.74) is 7.30. The van der Waals surface area contributed by atoms with Crippen molar-refractivity contribution < 1.29 is 4.39 Å². The number of thioether (sulfide) groups is 1. The lowest BCUT2D eigenvalue weighted by Gasteiger charge is -2.37. The van der Waals surface area contributed by atoms with Crippen LogP contribution < -0.4 is 10.6 Å². The average Bonchev–Trinajstić information content (AvgIpc) is 2.27. The van der Waals surface area contributed by atoms with Gasteiger partial charge in [-0.3, -0.25) is 0 Å². The van der Waals surface area contributed by atoms with Gasteiger partial charge in [-0.05, 0) is 11.6 Å². The zero-order valence-corrected chi connectivity index (χ0v) is 11.1. The van der Waals surface area contributed by atoms with Gasteiger partial charge in [0.25, 0.3) is 0 Å². The molecular formula is C13H19FN2S. The summed E-state index contributed by atoms with van der Waals surface area (Å²) in [6.07, 6.45) is 0. The van der Waals surface area contributed by atoms with E-state index >= 15 is 0 Å². The second-order valence-electron chi connectivity index (χ2n) is 4.61. The van der Waals surface area contributed by atoms with Crippen molar-refractivity contribution in [2.45, 2.75) is 30.9 Å². The molecule has 17 heavy (non-hydrogen) atoms. The van der Waals surface area contributed by atoms with E-state index in [4.69, 9.17) is 5.73 Å². The van der Waals surface area contributed by atoms with E-state index in [1.54, 1.807) is 6.07 Å². The van der Waals surface area contributed by atoms with E-state index in [1.165, 1.54) is 6.07 Å². The predicted molar refractivity (Wildman–Crippen MR) is 73.0 cm³/mol. The molecule has 4 heteroatoms. The Kier molecular flexibility index (Phi) is 3.94. The van der Waals surface area contributed by atoms with Crippen LogP contribution in [-0.2, 0) is 6.54 Å². The van der Waals surface area contributed by atoms with Gasteiger partial charge in [0.1, 0.15) is 5.82 Å². The van der Waals surface area contributed by atoms with Crippen LogP contribution in [0.2, 0.25) is 0 Å². The SMILES string of the molecule is CC1CN(c2c(F)cccc2CN)CC(C)S1. The molecule has 1 aliphatic rings. The van der Waals surface area contributed by atoms with Gasteiger partial charge in [0.05, 0.1) is 5.69 Å². The Morgan fingerprint density at radius 2 is 2.00 bits per heavy atom. The molecule has 2 atom stereocenters. The van der Waals surface area contributed by atoms with Gasteiger partial charge in [0.15, 0.2) is 0 Å². The van der Waals surface area contributed by atoms with E-state index in [-0.39, 0.29) is 5.82 Å². The predicted octanol–water partition coefficient (Wildman–Crippen LogP) is 2.61. The molecule has 0 aromatic heterocycles. The molecule has 0 amide bonds. The summed E-state index contributed by atoms with van der Waals surface area (Å²) < 4.78 is 14.0. The van der Waals surface area contributed by atoms with Crippen LogP contribution in [0.25, 0.3) is 0 Å². The minimum atomic E-state index is -0.153. The fourth-order valence-electron chi connectivity index (χ4n) is 2.44. The van der Waals surface area contributed by atoms with E-state index < -0.39 is 0 Å². The van der Waals surface area contributed by atoms with Crippen LogP contribution in [0.3, 0.4) is 0 Å². The van der Waals surface area contributed by atoms with Crippen LogP contribution in [0.5, 0.6) is 0 Å². The number of halogens is 1. The highest BCUT2D eigenvalue weighted by molar-refractivity contribution is 8.00. The second-order valence-corrected chi connectivity index (χ2v) is 6.50. The quantitative estimate of drug-likeness (QED) is 0.879. The third kappa shape index (κ3) is 2.75. The smallest absolute Gasteiger partial charge is 0.146 e. The van der Waals surface area contributed by atoms with E-state index in [2.05, 4.69) is 18.7 Å². The Morgan fingerprint density at radius 3 is 2.59 bits per heavy atom. The molecule has 2 unspecified atom stereocenters. The molecule has 0 bridgehead atoms. The van der Waals surface area contributed by atoms with Crippen LogP contribution in [0, 0.1) is 5.82 Å². The molecule has 2 rings (SSSR count). The van der Waals surface area contributed by atoms with Crippen LogP contribution in [-0.4, -0.2) is 23.6 Å². The Balaban J connectivity index is 2.32. The Morgan fingerprint density at radius 1 is 1.35 bits per heavy atom. The molecule has 2 nitrogen and oxygen atoms in total. The highest BCUT2D eigenvalue weighted by Gasteiger charge is 2.25. The van der Waals surface area contributed by atoms with E-state index in [9.17, 15) is 4.39 Å². The van der Waals surface area contributed by atoms with Gasteiger partial charge < -0.3 is 10.6 Å². The molecule has 2 N–H and O–H groups in total. The van der Waals surface area contributed by atoms with Crippen LogP contribution in [0.4, 0.5) is 10.1 Å². The van der Waals surface area contributed by atoms with Crippen molar-refractivity contribution in [3.63, 3.8) is 0 Å². The topological polar surface area (TPSA) is 29.3 Å². The van der Waals surface area contributed by atoms with Crippen LogP contribution in [0.15, 0.2) is 18.2 Å². The monoisotopic (exact) mass is 254 g/mol. The lowest BCUT2D eigenvalue weighted by molar-refractivity contribution is 0.608. The maximum Gasteiger partial charge on any atom is 0.146 e. The van der Waals surface area contributed by atoms with Crippen molar-refractivity contribution in [2.75, 3.05) is 18.0 Å². The standard InChI is InChI=1S/C13H19FN2S/c1-9-7-16(8-10(2)17-9)13-11(6-15)4-3-5-12(13)14/h3-5,9-10H,6-8,15H2,1-2H3. The largest absolute Gasteiger partial charge is 0.367 e. The molecule has 1 saturated heterocycles. The number of rotatable bonds is 2. The number of anilines is 1. The first-order chi connectivity index (χ1) is 8.11. The van der Waals surface area contributed by atoms with Crippen molar-refractivity contribution in [1.82, 2.24) is 0 Å². The van der Waals surface area contributed by atoms with Gasteiger partial charge in [-0.25, -0.2) is 4.39 Å². The first kappa shape index (κ1) is 12.7. The van der Waals surface area contributed by atoms with Crippen molar-refractivity contribution in [3.05, 3.63) is 29.6 Å².